The van der Waals surface area contributed by atoms with Gasteiger partial charge in [0.05, 0.1) is 21.7 Å². The van der Waals surface area contributed by atoms with Gasteiger partial charge in [0.15, 0.2) is 0 Å². The van der Waals surface area contributed by atoms with Crippen LogP contribution in [0.25, 0.3) is 10.2 Å². The Morgan fingerprint density at radius 3 is 2.37 bits per heavy atom. The van der Waals surface area contributed by atoms with E-state index in [4.69, 9.17) is 9.47 Å². The Kier molecular flexibility index (Phi) is 5.99. The van der Waals surface area contributed by atoms with Crippen LogP contribution in [-0.2, 0) is 10.0 Å². The third-order valence-corrected chi connectivity index (χ3v) is 8.36. The van der Waals surface area contributed by atoms with Gasteiger partial charge in [-0.05, 0) is 69.0 Å². The van der Waals surface area contributed by atoms with Gasteiger partial charge in [-0.1, -0.05) is 23.5 Å². The Balaban J connectivity index is 1.41. The van der Waals surface area contributed by atoms with Gasteiger partial charge >= 0.3 is 0 Å². The van der Waals surface area contributed by atoms with Crippen molar-refractivity contribution in [2.45, 2.75) is 44.6 Å². The number of nitrogens with zero attached hydrogens (tertiary/aromatic N) is 2. The zero-order valence-corrected chi connectivity index (χ0v) is 19.1. The molecule has 1 aromatic heterocycles. The van der Waals surface area contributed by atoms with Crippen molar-refractivity contribution in [1.29, 1.82) is 0 Å². The number of aryl methyl sites for hydroxylation is 2. The molecule has 0 bridgehead atoms. The fraction of sp³-hybridized carbons (Fsp3) is 0.409. The van der Waals surface area contributed by atoms with Crippen LogP contribution in [0.15, 0.2) is 41.3 Å². The lowest BCUT2D eigenvalue weighted by Crippen LogP contribution is -2.41. The Morgan fingerprint density at radius 1 is 1.07 bits per heavy atom. The van der Waals surface area contributed by atoms with E-state index in [0.717, 1.165) is 15.8 Å². The molecular weight excluding hydrogens is 420 g/mol. The van der Waals surface area contributed by atoms with Gasteiger partial charge in [-0.25, -0.2) is 13.4 Å². The standard InChI is InChI=1S/C22H26N2O4S2/c1-4-27-17-7-9-19(10-8-17)30(25,26)24-13-11-18(12-14-24)28-22-23-20-15(2)5-6-16(3)21(20)29-22/h5-10,18H,4,11-14H2,1-3H3. The van der Waals surface area contributed by atoms with Gasteiger partial charge in [0.25, 0.3) is 5.19 Å². The van der Waals surface area contributed by atoms with Gasteiger partial charge in [-0.3, -0.25) is 0 Å². The third kappa shape index (κ3) is 4.17. The number of hydrogen-bond acceptors (Lipinski definition) is 6. The van der Waals surface area contributed by atoms with E-state index < -0.39 is 10.0 Å². The van der Waals surface area contributed by atoms with E-state index in [1.54, 1.807) is 35.6 Å². The molecule has 1 aliphatic rings. The molecule has 0 saturated carbocycles. The summed E-state index contributed by atoms with van der Waals surface area (Å²) in [6.07, 6.45) is 1.26. The largest absolute Gasteiger partial charge is 0.494 e. The summed E-state index contributed by atoms with van der Waals surface area (Å²) in [5.41, 5.74) is 3.32. The minimum Gasteiger partial charge on any atom is -0.494 e. The number of benzene rings is 2. The first kappa shape index (κ1) is 21.1. The summed E-state index contributed by atoms with van der Waals surface area (Å²) in [6.45, 7) is 7.44. The van der Waals surface area contributed by atoms with Crippen molar-refractivity contribution in [3.8, 4) is 10.9 Å². The van der Waals surface area contributed by atoms with Crippen molar-refractivity contribution in [1.82, 2.24) is 9.29 Å². The lowest BCUT2D eigenvalue weighted by atomic mass is 10.1. The van der Waals surface area contributed by atoms with Crippen LogP contribution in [0.5, 0.6) is 10.9 Å². The molecule has 0 aliphatic carbocycles. The van der Waals surface area contributed by atoms with Crippen molar-refractivity contribution < 1.29 is 17.9 Å². The van der Waals surface area contributed by atoms with Crippen LogP contribution in [0.3, 0.4) is 0 Å². The van der Waals surface area contributed by atoms with E-state index in [1.165, 1.54) is 9.87 Å². The second-order valence-electron chi connectivity index (χ2n) is 7.48. The topological polar surface area (TPSA) is 68.7 Å². The molecule has 8 heteroatoms. The summed E-state index contributed by atoms with van der Waals surface area (Å²) >= 11 is 1.56. The van der Waals surface area contributed by atoms with Gasteiger partial charge in [-0.15, -0.1) is 0 Å². The van der Waals surface area contributed by atoms with E-state index in [9.17, 15) is 8.42 Å². The molecular formula is C22H26N2O4S2. The first-order chi connectivity index (χ1) is 14.4. The zero-order chi connectivity index (χ0) is 21.3. The molecule has 0 spiro atoms. The molecule has 3 aromatic rings. The molecule has 160 valence electrons. The SMILES string of the molecule is CCOc1ccc(S(=O)(=O)N2CCC(Oc3nc4c(C)ccc(C)c4s3)CC2)cc1. The molecule has 0 N–H and O–H groups in total. The average molecular weight is 447 g/mol. The zero-order valence-electron chi connectivity index (χ0n) is 17.4. The Bertz CT molecular complexity index is 1090. The minimum atomic E-state index is -3.51. The van der Waals surface area contributed by atoms with Gasteiger partial charge in [0.2, 0.25) is 10.0 Å². The predicted octanol–water partition coefficient (Wildman–Crippen LogP) is 4.54. The van der Waals surface area contributed by atoms with Crippen LogP contribution in [0.1, 0.15) is 30.9 Å². The molecule has 2 aromatic carbocycles. The summed E-state index contributed by atoms with van der Waals surface area (Å²) in [5.74, 6) is 0.671. The van der Waals surface area contributed by atoms with Gasteiger partial charge in [-0.2, -0.15) is 4.31 Å². The normalized spacial score (nSPS) is 16.1. The second-order valence-corrected chi connectivity index (χ2v) is 10.4. The Labute approximate surface area is 181 Å². The van der Waals surface area contributed by atoms with Crippen molar-refractivity contribution in [2.24, 2.45) is 0 Å². The van der Waals surface area contributed by atoms with Crippen molar-refractivity contribution in [2.75, 3.05) is 19.7 Å². The summed E-state index contributed by atoms with van der Waals surface area (Å²) in [6, 6.07) is 10.8. The van der Waals surface area contributed by atoms with E-state index >= 15 is 0 Å². The summed E-state index contributed by atoms with van der Waals surface area (Å²) in [7, 11) is -3.51. The van der Waals surface area contributed by atoms with Gasteiger partial charge in [0.1, 0.15) is 11.9 Å². The van der Waals surface area contributed by atoms with Crippen LogP contribution in [0.4, 0.5) is 0 Å². The number of thiazole rings is 1. The highest BCUT2D eigenvalue weighted by atomic mass is 32.2. The number of piperidine rings is 1. The molecule has 1 aliphatic heterocycles. The van der Waals surface area contributed by atoms with Crippen LogP contribution in [0, 0.1) is 13.8 Å². The third-order valence-electron chi connectivity index (χ3n) is 5.36. The second kappa shape index (κ2) is 8.53. The molecule has 0 radical (unpaired) electrons. The molecule has 6 nitrogen and oxygen atoms in total. The Morgan fingerprint density at radius 2 is 1.73 bits per heavy atom. The summed E-state index contributed by atoms with van der Waals surface area (Å²) in [4.78, 5) is 4.95. The highest BCUT2D eigenvalue weighted by Crippen LogP contribution is 2.34. The first-order valence-corrected chi connectivity index (χ1v) is 12.4. The maximum Gasteiger partial charge on any atom is 0.274 e. The number of hydrogen-bond donors (Lipinski definition) is 0. The maximum absolute atomic E-state index is 12.9. The summed E-state index contributed by atoms with van der Waals surface area (Å²) < 4.78 is 40.1. The van der Waals surface area contributed by atoms with Crippen LogP contribution < -0.4 is 9.47 Å². The first-order valence-electron chi connectivity index (χ1n) is 10.1. The quantitative estimate of drug-likeness (QED) is 0.556. The molecule has 0 atom stereocenters. The molecule has 30 heavy (non-hydrogen) atoms. The van der Waals surface area contributed by atoms with E-state index in [-0.39, 0.29) is 6.10 Å². The fourth-order valence-corrected chi connectivity index (χ4v) is 6.14. The fourth-order valence-electron chi connectivity index (χ4n) is 3.65. The molecule has 4 rings (SSSR count). The smallest absolute Gasteiger partial charge is 0.274 e. The number of sulfonamides is 1. The number of fused-ring (bicyclic) bond motifs is 1. The maximum atomic E-state index is 12.9. The van der Waals surface area contributed by atoms with Crippen LogP contribution in [0.2, 0.25) is 0 Å². The van der Waals surface area contributed by atoms with Gasteiger partial charge in [0, 0.05) is 13.1 Å². The van der Waals surface area contributed by atoms with Crippen molar-refractivity contribution in [3.63, 3.8) is 0 Å². The van der Waals surface area contributed by atoms with E-state index in [1.807, 2.05) is 6.92 Å². The minimum absolute atomic E-state index is 0.0297. The molecule has 0 amide bonds. The molecule has 1 fully saturated rings. The lowest BCUT2D eigenvalue weighted by molar-refractivity contribution is 0.135. The predicted molar refractivity (Wildman–Crippen MR) is 119 cm³/mol. The van der Waals surface area contributed by atoms with Crippen LogP contribution >= 0.6 is 11.3 Å². The monoisotopic (exact) mass is 446 g/mol. The number of rotatable bonds is 6. The van der Waals surface area contributed by atoms with Gasteiger partial charge < -0.3 is 9.47 Å². The lowest BCUT2D eigenvalue weighted by Gasteiger charge is -2.30. The summed E-state index contributed by atoms with van der Waals surface area (Å²) in [5, 5.41) is 0.662. The van der Waals surface area contributed by atoms with Crippen LogP contribution in [-0.4, -0.2) is 43.5 Å². The average Bonchev–Trinajstić information content (AvgIpc) is 3.17. The van der Waals surface area contributed by atoms with E-state index in [0.29, 0.717) is 48.4 Å². The molecule has 0 unspecified atom stereocenters. The molecule has 2 heterocycles. The highest BCUT2D eigenvalue weighted by Gasteiger charge is 2.30. The highest BCUT2D eigenvalue weighted by molar-refractivity contribution is 7.89. The Hall–Kier alpha value is -2.16. The molecule has 1 saturated heterocycles. The number of aromatic nitrogens is 1. The van der Waals surface area contributed by atoms with Crippen molar-refractivity contribution >= 4 is 31.6 Å². The van der Waals surface area contributed by atoms with E-state index in [2.05, 4.69) is 31.0 Å². The van der Waals surface area contributed by atoms with Crippen molar-refractivity contribution in [3.05, 3.63) is 47.5 Å². The number of ether oxygens (including phenoxy) is 2.